The van der Waals surface area contributed by atoms with E-state index in [-0.39, 0.29) is 43.3 Å². The third-order valence-electron chi connectivity index (χ3n) is 3.80. The normalized spacial score (nSPS) is 16.5. The van der Waals surface area contributed by atoms with E-state index in [0.717, 1.165) is 6.07 Å². The molecule has 0 saturated carbocycles. The summed E-state index contributed by atoms with van der Waals surface area (Å²) in [6, 6.07) is 3.50. The highest BCUT2D eigenvalue weighted by Crippen LogP contribution is 2.24. The van der Waals surface area contributed by atoms with Crippen molar-refractivity contribution >= 4 is 30.7 Å². The Hall–Kier alpha value is -0.950. The van der Waals surface area contributed by atoms with E-state index in [1.165, 1.54) is 12.1 Å². The number of benzene rings is 1. The monoisotopic (exact) mass is 355 g/mol. The second kappa shape index (κ2) is 9.25. The molecule has 1 heterocycles. The van der Waals surface area contributed by atoms with Crippen LogP contribution >= 0.6 is 24.8 Å². The van der Waals surface area contributed by atoms with Gasteiger partial charge in [-0.15, -0.1) is 24.8 Å². The zero-order chi connectivity index (χ0) is 14.7. The zero-order valence-corrected chi connectivity index (χ0v) is 13.9. The molecule has 0 aliphatic carbocycles. The SMILES string of the molecule is CC(c1ccc(F)cc1F)N1CCN(C(=O)CN)CC1.Cl.Cl. The van der Waals surface area contributed by atoms with Crippen molar-refractivity contribution in [3.63, 3.8) is 0 Å². The maximum absolute atomic E-state index is 13.8. The molecule has 1 unspecified atom stereocenters. The van der Waals surface area contributed by atoms with Crippen LogP contribution in [-0.2, 0) is 4.79 Å². The van der Waals surface area contributed by atoms with Crippen LogP contribution in [0.25, 0.3) is 0 Å². The van der Waals surface area contributed by atoms with Gasteiger partial charge in [0.15, 0.2) is 0 Å². The second-order valence-corrected chi connectivity index (χ2v) is 4.96. The van der Waals surface area contributed by atoms with Crippen LogP contribution < -0.4 is 5.73 Å². The van der Waals surface area contributed by atoms with Gasteiger partial charge in [-0.1, -0.05) is 6.07 Å². The average molecular weight is 356 g/mol. The lowest BCUT2D eigenvalue weighted by atomic mass is 10.1. The smallest absolute Gasteiger partial charge is 0.236 e. The highest BCUT2D eigenvalue weighted by molar-refractivity contribution is 5.85. The van der Waals surface area contributed by atoms with Crippen molar-refractivity contribution < 1.29 is 13.6 Å². The summed E-state index contributed by atoms with van der Waals surface area (Å²) in [6.45, 7) is 4.39. The molecule has 0 radical (unpaired) electrons. The predicted octanol–water partition coefficient (Wildman–Crippen LogP) is 1.97. The fourth-order valence-electron chi connectivity index (χ4n) is 2.52. The van der Waals surface area contributed by atoms with Gasteiger partial charge >= 0.3 is 0 Å². The van der Waals surface area contributed by atoms with E-state index in [1.807, 2.05) is 6.92 Å². The van der Waals surface area contributed by atoms with Gasteiger partial charge in [0.05, 0.1) is 6.54 Å². The number of nitrogens with two attached hydrogens (primary N) is 1. The Balaban J connectivity index is 0.00000220. The summed E-state index contributed by atoms with van der Waals surface area (Å²) in [6.07, 6.45) is 0. The van der Waals surface area contributed by atoms with E-state index in [9.17, 15) is 13.6 Å². The van der Waals surface area contributed by atoms with Gasteiger partial charge in [0.1, 0.15) is 11.6 Å². The highest BCUT2D eigenvalue weighted by atomic mass is 35.5. The molecule has 1 atom stereocenters. The molecular weight excluding hydrogens is 335 g/mol. The molecule has 1 amide bonds. The van der Waals surface area contributed by atoms with Gasteiger partial charge < -0.3 is 10.6 Å². The Morgan fingerprint density at radius 2 is 1.82 bits per heavy atom. The minimum absolute atomic E-state index is 0. The maximum atomic E-state index is 13.8. The second-order valence-electron chi connectivity index (χ2n) is 4.96. The number of hydrogen-bond acceptors (Lipinski definition) is 3. The van der Waals surface area contributed by atoms with E-state index in [4.69, 9.17) is 5.73 Å². The van der Waals surface area contributed by atoms with Gasteiger partial charge in [-0.2, -0.15) is 0 Å². The Morgan fingerprint density at radius 1 is 1.23 bits per heavy atom. The van der Waals surface area contributed by atoms with Crippen molar-refractivity contribution in [3.8, 4) is 0 Å². The van der Waals surface area contributed by atoms with Crippen LogP contribution in [0, 0.1) is 11.6 Å². The number of nitrogens with zero attached hydrogens (tertiary/aromatic N) is 2. The molecule has 0 spiro atoms. The number of carbonyl (C=O) groups excluding carboxylic acids is 1. The number of halogens is 4. The standard InChI is InChI=1S/C14H19F2N3O.2ClH/c1-10(12-3-2-11(15)8-13(12)16)18-4-6-19(7-5-18)14(20)9-17;;/h2-3,8,10H,4-7,9,17H2,1H3;2*1H. The Morgan fingerprint density at radius 3 is 2.32 bits per heavy atom. The molecule has 1 aliphatic heterocycles. The topological polar surface area (TPSA) is 49.6 Å². The number of amides is 1. The van der Waals surface area contributed by atoms with E-state index < -0.39 is 11.6 Å². The van der Waals surface area contributed by atoms with E-state index in [2.05, 4.69) is 4.90 Å². The van der Waals surface area contributed by atoms with Crippen LogP contribution in [0.3, 0.4) is 0 Å². The summed E-state index contributed by atoms with van der Waals surface area (Å²) < 4.78 is 26.7. The Bertz CT molecular complexity index is 497. The molecular formula is C14H21Cl2F2N3O. The molecule has 0 aromatic heterocycles. The summed E-state index contributed by atoms with van der Waals surface area (Å²) in [5.74, 6) is -1.17. The van der Waals surface area contributed by atoms with E-state index in [0.29, 0.717) is 31.7 Å². The van der Waals surface area contributed by atoms with Crippen LogP contribution in [0.4, 0.5) is 8.78 Å². The number of piperazine rings is 1. The molecule has 0 bridgehead atoms. The minimum Gasteiger partial charge on any atom is -0.339 e. The van der Waals surface area contributed by atoms with Crippen LogP contribution in [0.5, 0.6) is 0 Å². The van der Waals surface area contributed by atoms with Crippen molar-refractivity contribution in [1.29, 1.82) is 0 Å². The van der Waals surface area contributed by atoms with Crippen LogP contribution in [0.1, 0.15) is 18.5 Å². The Labute approximate surface area is 141 Å². The molecule has 2 N–H and O–H groups in total. The lowest BCUT2D eigenvalue weighted by Crippen LogP contribution is -2.50. The molecule has 1 aromatic carbocycles. The summed E-state index contributed by atoms with van der Waals surface area (Å²) in [7, 11) is 0. The average Bonchev–Trinajstić information content (AvgIpc) is 2.46. The van der Waals surface area contributed by atoms with Gasteiger partial charge in [0, 0.05) is 43.9 Å². The van der Waals surface area contributed by atoms with Gasteiger partial charge in [0.2, 0.25) is 5.91 Å². The summed E-state index contributed by atoms with van der Waals surface area (Å²) in [5, 5.41) is 0. The first kappa shape index (κ1) is 21.0. The maximum Gasteiger partial charge on any atom is 0.236 e. The first-order chi connectivity index (χ1) is 9.52. The van der Waals surface area contributed by atoms with Crippen LogP contribution in [-0.4, -0.2) is 48.4 Å². The summed E-state index contributed by atoms with van der Waals surface area (Å²) in [4.78, 5) is 15.3. The number of hydrogen-bond donors (Lipinski definition) is 1. The molecule has 1 saturated heterocycles. The van der Waals surface area contributed by atoms with Gasteiger partial charge in [-0.25, -0.2) is 8.78 Å². The molecule has 22 heavy (non-hydrogen) atoms. The van der Waals surface area contributed by atoms with Crippen molar-refractivity contribution in [2.75, 3.05) is 32.7 Å². The first-order valence-corrected chi connectivity index (χ1v) is 6.69. The largest absolute Gasteiger partial charge is 0.339 e. The summed E-state index contributed by atoms with van der Waals surface area (Å²) >= 11 is 0. The van der Waals surface area contributed by atoms with Crippen molar-refractivity contribution in [2.45, 2.75) is 13.0 Å². The zero-order valence-electron chi connectivity index (χ0n) is 12.3. The third-order valence-corrected chi connectivity index (χ3v) is 3.80. The fourth-order valence-corrected chi connectivity index (χ4v) is 2.52. The van der Waals surface area contributed by atoms with Crippen molar-refractivity contribution in [3.05, 3.63) is 35.4 Å². The highest BCUT2D eigenvalue weighted by Gasteiger charge is 2.25. The molecule has 1 fully saturated rings. The van der Waals surface area contributed by atoms with Gasteiger partial charge in [0.25, 0.3) is 0 Å². The lowest BCUT2D eigenvalue weighted by molar-refractivity contribution is -0.131. The number of rotatable bonds is 3. The van der Waals surface area contributed by atoms with E-state index >= 15 is 0 Å². The minimum atomic E-state index is -0.572. The third kappa shape index (κ3) is 4.78. The molecule has 126 valence electrons. The molecule has 1 aliphatic rings. The summed E-state index contributed by atoms with van der Waals surface area (Å²) in [5.41, 5.74) is 5.81. The number of carbonyl (C=O) groups is 1. The quantitative estimate of drug-likeness (QED) is 0.901. The fraction of sp³-hybridized carbons (Fsp3) is 0.500. The molecule has 4 nitrogen and oxygen atoms in total. The van der Waals surface area contributed by atoms with E-state index in [1.54, 1.807) is 4.90 Å². The van der Waals surface area contributed by atoms with Crippen LogP contribution in [0.15, 0.2) is 18.2 Å². The molecule has 8 heteroatoms. The predicted molar refractivity (Wildman–Crippen MR) is 86.5 cm³/mol. The molecule has 2 rings (SSSR count). The van der Waals surface area contributed by atoms with Crippen LogP contribution in [0.2, 0.25) is 0 Å². The van der Waals surface area contributed by atoms with Gasteiger partial charge in [-0.3, -0.25) is 9.69 Å². The van der Waals surface area contributed by atoms with Crippen molar-refractivity contribution in [2.24, 2.45) is 5.73 Å². The van der Waals surface area contributed by atoms with Crippen molar-refractivity contribution in [1.82, 2.24) is 9.80 Å². The molecule has 1 aromatic rings. The first-order valence-electron chi connectivity index (χ1n) is 6.69. The van der Waals surface area contributed by atoms with Gasteiger partial charge in [-0.05, 0) is 13.0 Å². The lowest BCUT2D eigenvalue weighted by Gasteiger charge is -2.38. The Kier molecular flexibility index (Phi) is 8.85.